The molecule has 0 spiro atoms. The summed E-state index contributed by atoms with van der Waals surface area (Å²) in [5, 5.41) is 19.2. The predicted molar refractivity (Wildman–Crippen MR) is 135 cm³/mol. The quantitative estimate of drug-likeness (QED) is 0.388. The van der Waals surface area contributed by atoms with Gasteiger partial charge >= 0.3 is 0 Å². The van der Waals surface area contributed by atoms with Gasteiger partial charge in [0.1, 0.15) is 23.6 Å². The Balaban J connectivity index is 1.66. The van der Waals surface area contributed by atoms with Crippen molar-refractivity contribution in [3.8, 4) is 17.2 Å². The van der Waals surface area contributed by atoms with E-state index in [1.807, 2.05) is 6.07 Å². The number of hydrogen-bond acceptors (Lipinski definition) is 6. The minimum atomic E-state index is -1.10. The van der Waals surface area contributed by atoms with Crippen LogP contribution in [0.1, 0.15) is 76.5 Å². The van der Waals surface area contributed by atoms with E-state index < -0.39 is 22.7 Å². The molecule has 1 aliphatic carbocycles. The summed E-state index contributed by atoms with van der Waals surface area (Å²) in [6.07, 6.45) is 5.78. The first-order chi connectivity index (χ1) is 17.4. The van der Waals surface area contributed by atoms with Gasteiger partial charge in [0.2, 0.25) is 5.95 Å². The lowest BCUT2D eigenvalue weighted by atomic mass is 9.62. The van der Waals surface area contributed by atoms with Gasteiger partial charge in [-0.05, 0) is 68.4 Å². The van der Waals surface area contributed by atoms with Gasteiger partial charge < -0.3 is 5.11 Å². The van der Waals surface area contributed by atoms with Gasteiger partial charge in [-0.25, -0.2) is 23.7 Å². The van der Waals surface area contributed by atoms with E-state index in [2.05, 4.69) is 47.9 Å². The first kappa shape index (κ1) is 25.1. The summed E-state index contributed by atoms with van der Waals surface area (Å²) in [4.78, 5) is 13.6. The molecule has 0 amide bonds. The van der Waals surface area contributed by atoms with Gasteiger partial charge in [-0.1, -0.05) is 26.8 Å². The Morgan fingerprint density at radius 1 is 1.05 bits per heavy atom. The van der Waals surface area contributed by atoms with E-state index >= 15 is 0 Å². The number of fused-ring (bicyclic) bond motifs is 1. The van der Waals surface area contributed by atoms with E-state index in [4.69, 9.17) is 4.98 Å². The Hall–Kier alpha value is -3.59. The van der Waals surface area contributed by atoms with E-state index in [9.17, 15) is 13.9 Å². The Morgan fingerprint density at radius 3 is 2.38 bits per heavy atom. The van der Waals surface area contributed by atoms with E-state index in [1.165, 1.54) is 18.2 Å². The summed E-state index contributed by atoms with van der Waals surface area (Å²) in [5.74, 6) is -0.885. The summed E-state index contributed by atoms with van der Waals surface area (Å²) in [6, 6.07) is 7.42. The molecule has 0 radical (unpaired) electrons. The highest BCUT2D eigenvalue weighted by atomic mass is 19.1. The lowest BCUT2D eigenvalue weighted by Crippen LogP contribution is -2.40. The molecule has 0 saturated carbocycles. The smallest absolute Gasteiger partial charge is 0.235 e. The number of aliphatic hydroxyl groups is 1. The van der Waals surface area contributed by atoms with Crippen LogP contribution in [0.4, 0.5) is 8.78 Å². The topological polar surface area (TPSA) is 89.6 Å². The zero-order valence-corrected chi connectivity index (χ0v) is 21.8. The van der Waals surface area contributed by atoms with Crippen molar-refractivity contribution in [2.45, 2.75) is 64.9 Å². The SMILES string of the molecule is CC[C@H]1c2cc(-c3c(F)cccc3F)nnc2[C@](C)(c2ccnc(-n3cnc(C(C)(C)O)c3)n2)C1(C)C. The first-order valence-corrected chi connectivity index (χ1v) is 12.3. The van der Waals surface area contributed by atoms with Crippen molar-refractivity contribution in [3.63, 3.8) is 0 Å². The molecule has 3 aromatic heterocycles. The first-order valence-electron chi connectivity index (χ1n) is 12.3. The number of benzene rings is 1. The number of rotatable bonds is 5. The number of aromatic nitrogens is 6. The fraction of sp³-hybridized carbons (Fsp3) is 0.393. The van der Waals surface area contributed by atoms with Crippen LogP contribution >= 0.6 is 0 Å². The maximum absolute atomic E-state index is 14.6. The number of hydrogen-bond donors (Lipinski definition) is 1. The highest BCUT2D eigenvalue weighted by Crippen LogP contribution is 2.61. The van der Waals surface area contributed by atoms with E-state index in [-0.39, 0.29) is 22.6 Å². The predicted octanol–water partition coefficient (Wildman–Crippen LogP) is 5.46. The van der Waals surface area contributed by atoms with Crippen molar-refractivity contribution >= 4 is 0 Å². The van der Waals surface area contributed by atoms with Crippen LogP contribution in [0, 0.1) is 17.0 Å². The second kappa shape index (κ2) is 8.48. The molecule has 192 valence electrons. The molecule has 9 heteroatoms. The van der Waals surface area contributed by atoms with Crippen LogP contribution in [0.25, 0.3) is 17.2 Å². The molecule has 0 saturated heterocycles. The van der Waals surface area contributed by atoms with E-state index in [1.54, 1.807) is 43.2 Å². The van der Waals surface area contributed by atoms with Crippen LogP contribution in [0.3, 0.4) is 0 Å². The van der Waals surface area contributed by atoms with Crippen molar-refractivity contribution in [1.29, 1.82) is 0 Å². The molecule has 5 rings (SSSR count). The van der Waals surface area contributed by atoms with Gasteiger partial charge in [0.25, 0.3) is 0 Å². The molecule has 3 heterocycles. The molecule has 1 aromatic carbocycles. The fourth-order valence-electron chi connectivity index (χ4n) is 5.65. The average molecular weight is 505 g/mol. The van der Waals surface area contributed by atoms with Crippen molar-refractivity contribution in [2.24, 2.45) is 5.41 Å². The Morgan fingerprint density at radius 2 is 1.76 bits per heavy atom. The molecule has 0 unspecified atom stereocenters. The number of nitrogens with zero attached hydrogens (tertiary/aromatic N) is 6. The van der Waals surface area contributed by atoms with Crippen molar-refractivity contribution in [3.05, 3.63) is 83.3 Å². The van der Waals surface area contributed by atoms with Gasteiger partial charge in [0.15, 0.2) is 0 Å². The maximum atomic E-state index is 14.6. The van der Waals surface area contributed by atoms with E-state index in [0.29, 0.717) is 11.6 Å². The molecule has 1 aliphatic rings. The van der Waals surface area contributed by atoms with Crippen molar-refractivity contribution in [2.75, 3.05) is 0 Å². The van der Waals surface area contributed by atoms with Crippen LogP contribution < -0.4 is 0 Å². The van der Waals surface area contributed by atoms with Crippen LogP contribution in [-0.4, -0.2) is 34.8 Å². The van der Waals surface area contributed by atoms with E-state index in [0.717, 1.165) is 23.4 Å². The monoisotopic (exact) mass is 504 g/mol. The number of imidazole rings is 1. The molecule has 2 atom stereocenters. The fourth-order valence-corrected chi connectivity index (χ4v) is 5.65. The van der Waals surface area contributed by atoms with Gasteiger partial charge in [-0.2, -0.15) is 5.10 Å². The largest absolute Gasteiger partial charge is 0.384 e. The van der Waals surface area contributed by atoms with Gasteiger partial charge in [0, 0.05) is 12.4 Å². The lowest BCUT2D eigenvalue weighted by Gasteiger charge is -2.41. The summed E-state index contributed by atoms with van der Waals surface area (Å²) in [5.41, 5.74) is 0.776. The summed E-state index contributed by atoms with van der Waals surface area (Å²) >= 11 is 0. The van der Waals surface area contributed by atoms with Crippen molar-refractivity contribution in [1.82, 2.24) is 29.7 Å². The minimum absolute atomic E-state index is 0.0463. The Kier molecular flexibility index (Phi) is 5.75. The molecule has 0 bridgehead atoms. The summed E-state index contributed by atoms with van der Waals surface area (Å²) < 4.78 is 30.8. The van der Waals surface area contributed by atoms with Crippen LogP contribution in [0.5, 0.6) is 0 Å². The third kappa shape index (κ3) is 3.75. The Bertz CT molecular complexity index is 1470. The second-order valence-electron chi connectivity index (χ2n) is 10.9. The zero-order chi connectivity index (χ0) is 26.8. The highest BCUT2D eigenvalue weighted by molar-refractivity contribution is 5.63. The third-order valence-electron chi connectivity index (χ3n) is 8.05. The minimum Gasteiger partial charge on any atom is -0.384 e. The molecular formula is C28H30F2N6O. The average Bonchev–Trinajstić information content (AvgIpc) is 3.40. The van der Waals surface area contributed by atoms with Gasteiger partial charge in [-0.3, -0.25) is 4.57 Å². The van der Waals surface area contributed by atoms with Gasteiger partial charge in [0.05, 0.1) is 33.8 Å². The van der Waals surface area contributed by atoms with Crippen molar-refractivity contribution < 1.29 is 13.9 Å². The molecule has 7 nitrogen and oxygen atoms in total. The Labute approximate surface area is 214 Å². The molecular weight excluding hydrogens is 474 g/mol. The lowest BCUT2D eigenvalue weighted by molar-refractivity contribution is 0.0742. The highest BCUT2D eigenvalue weighted by Gasteiger charge is 2.57. The normalized spacial score (nSPS) is 20.7. The molecule has 0 fully saturated rings. The molecule has 37 heavy (non-hydrogen) atoms. The molecule has 1 N–H and O–H groups in total. The zero-order valence-electron chi connectivity index (χ0n) is 21.8. The summed E-state index contributed by atoms with van der Waals surface area (Å²) in [6.45, 7) is 11.8. The standard InChI is InChI=1S/C28H30F2N6O/c1-7-17-16-13-20(23-18(29)9-8-10-19(23)30)34-35-24(16)28(6,26(17,2)3)21-11-12-31-25(33-21)36-14-22(32-15-36)27(4,5)37/h8-15,17,37H,7H2,1-6H3/t17-,28-/m0/s1. The van der Waals surface area contributed by atoms with Crippen LogP contribution in [0.15, 0.2) is 49.1 Å². The van der Waals surface area contributed by atoms with Crippen LogP contribution in [0.2, 0.25) is 0 Å². The summed E-state index contributed by atoms with van der Waals surface area (Å²) in [7, 11) is 0. The second-order valence-corrected chi connectivity index (χ2v) is 10.9. The maximum Gasteiger partial charge on any atom is 0.235 e. The third-order valence-corrected chi connectivity index (χ3v) is 8.05. The molecule has 0 aliphatic heterocycles. The number of halogens is 2. The van der Waals surface area contributed by atoms with Gasteiger partial charge in [-0.15, -0.1) is 5.10 Å². The van der Waals surface area contributed by atoms with Crippen LogP contribution in [-0.2, 0) is 11.0 Å². The molecule has 4 aromatic rings.